The van der Waals surface area contributed by atoms with E-state index in [2.05, 4.69) is 12.0 Å². The highest BCUT2D eigenvalue weighted by atomic mass is 31.2. The first-order valence-corrected chi connectivity index (χ1v) is 10.4. The highest BCUT2D eigenvalue weighted by molar-refractivity contribution is 7.78. The fourth-order valence-corrected chi connectivity index (χ4v) is 8.59. The van der Waals surface area contributed by atoms with Crippen molar-refractivity contribution >= 4 is 18.9 Å². The van der Waals surface area contributed by atoms with Gasteiger partial charge in [0.25, 0.3) is 5.91 Å². The Morgan fingerprint density at radius 1 is 1.19 bits per heavy atom. The van der Waals surface area contributed by atoms with Crippen molar-refractivity contribution in [3.63, 3.8) is 0 Å². The van der Waals surface area contributed by atoms with Crippen LogP contribution in [0.3, 0.4) is 0 Å². The molecule has 2 fully saturated rings. The van der Waals surface area contributed by atoms with E-state index in [-0.39, 0.29) is 16.9 Å². The molecule has 3 rings (SSSR count). The number of hydrogen-bond donors (Lipinski definition) is 1. The SMILES string of the molecule is Cc1cc(F)cc(C)c1NC(=O)C1([P+]2(C)CCCC2)CC1. The normalized spacial score (nSPS) is 22.1. The molecule has 0 aromatic heterocycles. The first-order chi connectivity index (χ1) is 9.88. The van der Waals surface area contributed by atoms with E-state index in [1.165, 1.54) is 37.3 Å². The zero-order chi connectivity index (χ0) is 15.3. The van der Waals surface area contributed by atoms with Gasteiger partial charge in [-0.2, -0.15) is 0 Å². The Morgan fingerprint density at radius 3 is 2.19 bits per heavy atom. The Kier molecular flexibility index (Phi) is 3.60. The number of rotatable bonds is 3. The van der Waals surface area contributed by atoms with Crippen LogP contribution in [0.15, 0.2) is 12.1 Å². The summed E-state index contributed by atoms with van der Waals surface area (Å²) in [6.07, 6.45) is 7.19. The Morgan fingerprint density at radius 2 is 1.71 bits per heavy atom. The quantitative estimate of drug-likeness (QED) is 0.826. The third-order valence-electron chi connectivity index (χ3n) is 5.47. The van der Waals surface area contributed by atoms with Crippen LogP contribution in [0.1, 0.15) is 36.8 Å². The van der Waals surface area contributed by atoms with Gasteiger partial charge in [-0.1, -0.05) is 0 Å². The summed E-state index contributed by atoms with van der Waals surface area (Å²) in [7, 11) is -1.13. The van der Waals surface area contributed by atoms with E-state index in [1.807, 2.05) is 13.8 Å². The standard InChI is InChI=1S/C17H23FNOP/c1-12-10-14(18)11-13(2)15(12)19-16(20)17(6-7-17)21(3)8-4-5-9-21/h10-11H,4-9H2,1-3H3/p+1. The van der Waals surface area contributed by atoms with Gasteiger partial charge in [-0.3, -0.25) is 4.79 Å². The second-order valence-corrected chi connectivity index (χ2v) is 11.5. The maximum atomic E-state index is 13.4. The summed E-state index contributed by atoms with van der Waals surface area (Å²) in [5, 5.41) is 3.06. The molecule has 1 saturated heterocycles. The Labute approximate surface area is 126 Å². The number of carbonyl (C=O) groups excluding carboxylic acids is 1. The van der Waals surface area contributed by atoms with Gasteiger partial charge in [0.1, 0.15) is 5.82 Å². The molecule has 1 aliphatic carbocycles. The lowest BCUT2D eigenvalue weighted by Gasteiger charge is -2.27. The highest BCUT2D eigenvalue weighted by Crippen LogP contribution is 2.78. The van der Waals surface area contributed by atoms with Gasteiger partial charge in [0.15, 0.2) is 5.16 Å². The van der Waals surface area contributed by atoms with E-state index in [1.54, 1.807) is 0 Å². The highest BCUT2D eigenvalue weighted by Gasteiger charge is 2.68. The Balaban J connectivity index is 1.84. The van der Waals surface area contributed by atoms with Crippen LogP contribution in [-0.2, 0) is 4.79 Å². The number of nitrogens with one attached hydrogen (secondary N) is 1. The van der Waals surface area contributed by atoms with E-state index in [0.717, 1.165) is 29.7 Å². The van der Waals surface area contributed by atoms with Crippen molar-refractivity contribution < 1.29 is 9.18 Å². The summed E-state index contributed by atoms with van der Waals surface area (Å²) in [5.41, 5.74) is 2.43. The Bertz CT molecular complexity index is 565. The fourth-order valence-electron chi connectivity index (χ4n) is 3.93. The van der Waals surface area contributed by atoms with Crippen molar-refractivity contribution in [2.24, 2.45) is 0 Å². The number of amides is 1. The maximum Gasteiger partial charge on any atom is 0.268 e. The smallest absolute Gasteiger partial charge is 0.268 e. The number of anilines is 1. The van der Waals surface area contributed by atoms with E-state index >= 15 is 0 Å². The van der Waals surface area contributed by atoms with Crippen LogP contribution in [0.4, 0.5) is 10.1 Å². The van der Waals surface area contributed by atoms with Crippen molar-refractivity contribution in [1.82, 2.24) is 0 Å². The summed E-state index contributed by atoms with van der Waals surface area (Å²) in [6.45, 7) is 6.10. The van der Waals surface area contributed by atoms with Crippen molar-refractivity contribution in [2.45, 2.75) is 44.7 Å². The number of carbonyl (C=O) groups is 1. The molecular weight excluding hydrogens is 284 g/mol. The Hall–Kier alpha value is -0.950. The summed E-state index contributed by atoms with van der Waals surface area (Å²) < 4.78 is 13.4. The summed E-state index contributed by atoms with van der Waals surface area (Å²) >= 11 is 0. The molecular formula is C17H24FNOP+. The average Bonchev–Trinajstić information content (AvgIpc) is 3.12. The van der Waals surface area contributed by atoms with Crippen molar-refractivity contribution in [2.75, 3.05) is 24.3 Å². The van der Waals surface area contributed by atoms with Gasteiger partial charge in [0.05, 0.1) is 12.3 Å². The van der Waals surface area contributed by atoms with Gasteiger partial charge < -0.3 is 5.32 Å². The lowest BCUT2D eigenvalue weighted by atomic mass is 10.1. The van der Waals surface area contributed by atoms with Gasteiger partial charge >= 0.3 is 0 Å². The number of hydrogen-bond acceptors (Lipinski definition) is 1. The lowest BCUT2D eigenvalue weighted by Crippen LogP contribution is -2.33. The zero-order valence-corrected chi connectivity index (χ0v) is 14.0. The van der Waals surface area contributed by atoms with Crippen LogP contribution in [0.2, 0.25) is 0 Å². The number of halogens is 1. The predicted octanol–water partition coefficient (Wildman–Crippen LogP) is 4.35. The van der Waals surface area contributed by atoms with Crippen molar-refractivity contribution in [1.29, 1.82) is 0 Å². The lowest BCUT2D eigenvalue weighted by molar-refractivity contribution is -0.116. The van der Waals surface area contributed by atoms with Crippen LogP contribution in [0.5, 0.6) is 0 Å². The van der Waals surface area contributed by atoms with Crippen molar-refractivity contribution in [3.8, 4) is 0 Å². The van der Waals surface area contributed by atoms with Gasteiger partial charge in [0.2, 0.25) is 0 Å². The second-order valence-electron chi connectivity index (χ2n) is 6.95. The van der Waals surface area contributed by atoms with Crippen LogP contribution in [0.25, 0.3) is 0 Å². The molecule has 0 spiro atoms. The first-order valence-electron chi connectivity index (χ1n) is 7.81. The molecule has 21 heavy (non-hydrogen) atoms. The molecule has 1 aromatic rings. The molecule has 0 radical (unpaired) electrons. The molecule has 0 atom stereocenters. The molecule has 1 saturated carbocycles. The third-order valence-corrected chi connectivity index (χ3v) is 10.8. The fraction of sp³-hybridized carbons (Fsp3) is 0.588. The first kappa shape index (κ1) is 15.0. The molecule has 1 aromatic carbocycles. The van der Waals surface area contributed by atoms with Gasteiger partial charge in [-0.15, -0.1) is 0 Å². The van der Waals surface area contributed by atoms with E-state index < -0.39 is 7.26 Å². The molecule has 0 bridgehead atoms. The van der Waals surface area contributed by atoms with E-state index in [9.17, 15) is 9.18 Å². The molecule has 4 heteroatoms. The van der Waals surface area contributed by atoms with Gasteiger partial charge in [-0.25, -0.2) is 4.39 Å². The topological polar surface area (TPSA) is 29.1 Å². The number of benzene rings is 1. The molecule has 2 aliphatic rings. The minimum atomic E-state index is -1.13. The average molecular weight is 308 g/mol. The van der Waals surface area contributed by atoms with Crippen LogP contribution in [0, 0.1) is 19.7 Å². The van der Waals surface area contributed by atoms with Gasteiger partial charge in [0, 0.05) is 32.5 Å². The molecule has 1 amide bonds. The minimum absolute atomic E-state index is 0.0727. The molecule has 1 heterocycles. The summed E-state index contributed by atoms with van der Waals surface area (Å²) in [4.78, 5) is 12.9. The largest absolute Gasteiger partial charge is 0.322 e. The summed E-state index contributed by atoms with van der Waals surface area (Å²) in [6, 6.07) is 2.99. The second kappa shape index (κ2) is 5.05. The van der Waals surface area contributed by atoms with Crippen LogP contribution < -0.4 is 5.32 Å². The monoisotopic (exact) mass is 308 g/mol. The van der Waals surface area contributed by atoms with Crippen LogP contribution >= 0.6 is 7.26 Å². The minimum Gasteiger partial charge on any atom is -0.322 e. The van der Waals surface area contributed by atoms with Crippen LogP contribution in [-0.4, -0.2) is 30.1 Å². The van der Waals surface area contributed by atoms with E-state index in [4.69, 9.17) is 0 Å². The molecule has 1 aliphatic heterocycles. The molecule has 2 nitrogen and oxygen atoms in total. The van der Waals surface area contributed by atoms with E-state index in [0.29, 0.717) is 0 Å². The zero-order valence-electron chi connectivity index (χ0n) is 13.1. The predicted molar refractivity (Wildman–Crippen MR) is 88.3 cm³/mol. The number of aryl methyl sites for hydroxylation is 2. The third kappa shape index (κ3) is 2.40. The maximum absolute atomic E-state index is 13.4. The van der Waals surface area contributed by atoms with Gasteiger partial charge in [-0.05, 0) is 49.9 Å². The molecule has 114 valence electrons. The molecule has 0 unspecified atom stereocenters. The summed E-state index contributed by atoms with van der Waals surface area (Å²) in [5.74, 6) is -0.0440. The van der Waals surface area contributed by atoms with Crippen molar-refractivity contribution in [3.05, 3.63) is 29.1 Å². The molecule has 1 N–H and O–H groups in total.